The lowest BCUT2D eigenvalue weighted by Gasteiger charge is -2.08. The third kappa shape index (κ3) is 23.1. The fourth-order valence-corrected chi connectivity index (χ4v) is 1.97. The summed E-state index contributed by atoms with van der Waals surface area (Å²) < 4.78 is 37.2. The topological polar surface area (TPSA) is 81.7 Å². The van der Waals surface area contributed by atoms with E-state index in [-0.39, 0.29) is 6.61 Å². The van der Waals surface area contributed by atoms with Gasteiger partial charge in [0.05, 0.1) is 72.7 Å². The van der Waals surface area contributed by atoms with Crippen molar-refractivity contribution < 1.29 is 38.0 Å². The predicted octanol–water partition coefficient (Wildman–Crippen LogP) is 2.40. The zero-order valence-electron chi connectivity index (χ0n) is 18.3. The zero-order valence-corrected chi connectivity index (χ0v) is 18.3. The molecule has 0 spiro atoms. The molecule has 0 saturated carbocycles. The van der Waals surface area contributed by atoms with Crippen LogP contribution < -0.4 is 0 Å². The van der Waals surface area contributed by atoms with Gasteiger partial charge in [0.1, 0.15) is 6.61 Å². The molecule has 0 unspecified atom stereocenters. The summed E-state index contributed by atoms with van der Waals surface area (Å²) in [6.45, 7) is 14.0. The molecule has 8 nitrogen and oxygen atoms in total. The molecule has 0 bridgehead atoms. The quantitative estimate of drug-likeness (QED) is 0.142. The van der Waals surface area contributed by atoms with Crippen LogP contribution in [0.2, 0.25) is 0 Å². The van der Waals surface area contributed by atoms with Gasteiger partial charge in [-0.2, -0.15) is 0 Å². The van der Waals surface area contributed by atoms with E-state index in [4.69, 9.17) is 33.2 Å². The van der Waals surface area contributed by atoms with Gasteiger partial charge in [-0.15, -0.1) is 0 Å². The van der Waals surface area contributed by atoms with Crippen LogP contribution in [-0.2, 0) is 38.0 Å². The molecule has 0 atom stereocenters. The minimum atomic E-state index is -0.402. The van der Waals surface area contributed by atoms with Crippen molar-refractivity contribution in [3.63, 3.8) is 0 Å². The van der Waals surface area contributed by atoms with Crippen molar-refractivity contribution >= 4 is 5.97 Å². The second-order valence-electron chi connectivity index (χ2n) is 6.30. The summed E-state index contributed by atoms with van der Waals surface area (Å²) in [6, 6.07) is 0. The smallest absolute Gasteiger partial charge is 0.333 e. The normalized spacial score (nSPS) is 11.0. The lowest BCUT2D eigenvalue weighted by molar-refractivity contribution is -0.140. The van der Waals surface area contributed by atoms with Gasteiger partial charge in [0, 0.05) is 12.2 Å². The van der Waals surface area contributed by atoms with Crippen LogP contribution in [0.15, 0.2) is 12.2 Å². The Labute approximate surface area is 175 Å². The molecule has 0 fully saturated rings. The van der Waals surface area contributed by atoms with Gasteiger partial charge in [-0.1, -0.05) is 26.3 Å². The zero-order chi connectivity index (χ0) is 21.4. The number of esters is 1. The monoisotopic (exact) mass is 420 g/mol. The molecule has 0 radical (unpaired) electrons. The molecule has 0 N–H and O–H groups in total. The highest BCUT2D eigenvalue weighted by molar-refractivity contribution is 5.86. The number of hydrogen-bond donors (Lipinski definition) is 0. The van der Waals surface area contributed by atoms with Gasteiger partial charge < -0.3 is 33.2 Å². The summed E-state index contributed by atoms with van der Waals surface area (Å²) in [5.74, 6) is -0.402. The standard InChI is InChI=1S/C21H40O8/c1-4-5-6-7-23-8-9-24-10-11-25-12-13-26-14-15-27-16-17-28-18-19-29-21(22)20(2)3/h2,4-19H2,1,3H3. The van der Waals surface area contributed by atoms with Gasteiger partial charge in [0.25, 0.3) is 0 Å². The van der Waals surface area contributed by atoms with Crippen LogP contribution in [0.5, 0.6) is 0 Å². The van der Waals surface area contributed by atoms with Crippen LogP contribution in [0.4, 0.5) is 0 Å². The maximum absolute atomic E-state index is 11.1. The molecule has 8 heteroatoms. The molecule has 0 aromatic carbocycles. The average Bonchev–Trinajstić information content (AvgIpc) is 2.71. The van der Waals surface area contributed by atoms with E-state index >= 15 is 0 Å². The second-order valence-corrected chi connectivity index (χ2v) is 6.30. The SMILES string of the molecule is C=C(C)C(=O)OCCOCCOCCOCCOCCOCCOCCCCC. The van der Waals surface area contributed by atoms with Crippen molar-refractivity contribution in [2.24, 2.45) is 0 Å². The Balaban J connectivity index is 3.05. The molecule has 0 aliphatic carbocycles. The highest BCUT2D eigenvalue weighted by Crippen LogP contribution is 1.94. The van der Waals surface area contributed by atoms with Crippen molar-refractivity contribution in [1.82, 2.24) is 0 Å². The Morgan fingerprint density at radius 3 is 1.28 bits per heavy atom. The largest absolute Gasteiger partial charge is 0.460 e. The summed E-state index contributed by atoms with van der Waals surface area (Å²) in [6.07, 6.45) is 3.54. The molecular formula is C21H40O8. The number of hydrogen-bond acceptors (Lipinski definition) is 8. The molecule has 0 aliphatic rings. The highest BCUT2D eigenvalue weighted by atomic mass is 16.6. The Hall–Kier alpha value is -1.03. The lowest BCUT2D eigenvalue weighted by atomic mass is 10.3. The minimum Gasteiger partial charge on any atom is -0.460 e. The summed E-state index contributed by atoms with van der Waals surface area (Å²) in [5, 5.41) is 0. The Kier molecular flexibility index (Phi) is 22.4. The fraction of sp³-hybridized carbons (Fsp3) is 0.857. The first-order valence-electron chi connectivity index (χ1n) is 10.5. The van der Waals surface area contributed by atoms with E-state index in [2.05, 4.69) is 13.5 Å². The van der Waals surface area contributed by atoms with E-state index < -0.39 is 5.97 Å². The van der Waals surface area contributed by atoms with Crippen LogP contribution in [0.25, 0.3) is 0 Å². The number of carbonyl (C=O) groups is 1. The molecule has 172 valence electrons. The van der Waals surface area contributed by atoms with Crippen LogP contribution in [-0.4, -0.2) is 91.9 Å². The van der Waals surface area contributed by atoms with Gasteiger partial charge in [-0.05, 0) is 13.3 Å². The number of carbonyl (C=O) groups excluding carboxylic acids is 1. The van der Waals surface area contributed by atoms with Gasteiger partial charge in [-0.3, -0.25) is 0 Å². The lowest BCUT2D eigenvalue weighted by Crippen LogP contribution is -2.15. The number of unbranched alkanes of at least 4 members (excludes halogenated alkanes) is 2. The Morgan fingerprint density at radius 2 is 0.931 bits per heavy atom. The molecule has 0 aromatic rings. The third-order valence-electron chi connectivity index (χ3n) is 3.56. The second kappa shape index (κ2) is 23.3. The van der Waals surface area contributed by atoms with E-state index in [1.54, 1.807) is 6.92 Å². The van der Waals surface area contributed by atoms with E-state index in [1.165, 1.54) is 12.8 Å². The molecule has 0 saturated heterocycles. The van der Waals surface area contributed by atoms with Gasteiger partial charge >= 0.3 is 5.97 Å². The summed E-state index contributed by atoms with van der Waals surface area (Å²) >= 11 is 0. The van der Waals surface area contributed by atoms with Crippen molar-refractivity contribution in [3.8, 4) is 0 Å². The van der Waals surface area contributed by atoms with Crippen LogP contribution in [0.1, 0.15) is 33.1 Å². The molecule has 0 amide bonds. The van der Waals surface area contributed by atoms with Gasteiger partial charge in [0.2, 0.25) is 0 Å². The predicted molar refractivity (Wildman–Crippen MR) is 110 cm³/mol. The van der Waals surface area contributed by atoms with Crippen molar-refractivity contribution in [1.29, 1.82) is 0 Å². The third-order valence-corrected chi connectivity index (χ3v) is 3.56. The summed E-state index contributed by atoms with van der Waals surface area (Å²) in [4.78, 5) is 11.1. The average molecular weight is 421 g/mol. The van der Waals surface area contributed by atoms with E-state index in [0.717, 1.165) is 13.0 Å². The summed E-state index contributed by atoms with van der Waals surface area (Å²) in [7, 11) is 0. The number of ether oxygens (including phenoxy) is 7. The van der Waals surface area contributed by atoms with Crippen LogP contribution >= 0.6 is 0 Å². The fourth-order valence-electron chi connectivity index (χ4n) is 1.97. The molecular weight excluding hydrogens is 380 g/mol. The summed E-state index contributed by atoms with van der Waals surface area (Å²) in [5.41, 5.74) is 0.380. The van der Waals surface area contributed by atoms with E-state index in [1.807, 2.05) is 0 Å². The molecule has 0 rings (SSSR count). The van der Waals surface area contributed by atoms with Crippen molar-refractivity contribution in [2.45, 2.75) is 33.1 Å². The molecule has 29 heavy (non-hydrogen) atoms. The van der Waals surface area contributed by atoms with E-state index in [0.29, 0.717) is 78.2 Å². The van der Waals surface area contributed by atoms with Crippen molar-refractivity contribution in [2.75, 3.05) is 85.9 Å². The molecule has 0 aliphatic heterocycles. The van der Waals surface area contributed by atoms with Crippen LogP contribution in [0.3, 0.4) is 0 Å². The Bertz CT molecular complexity index is 376. The van der Waals surface area contributed by atoms with Crippen LogP contribution in [0, 0.1) is 0 Å². The van der Waals surface area contributed by atoms with Crippen molar-refractivity contribution in [3.05, 3.63) is 12.2 Å². The first-order chi connectivity index (χ1) is 14.2. The first kappa shape index (κ1) is 28.0. The first-order valence-corrected chi connectivity index (χ1v) is 10.5. The van der Waals surface area contributed by atoms with Gasteiger partial charge in [-0.25, -0.2) is 4.79 Å². The minimum absolute atomic E-state index is 0.215. The maximum atomic E-state index is 11.1. The van der Waals surface area contributed by atoms with E-state index in [9.17, 15) is 4.79 Å². The Morgan fingerprint density at radius 1 is 0.586 bits per heavy atom. The molecule has 0 heterocycles. The maximum Gasteiger partial charge on any atom is 0.333 e. The highest BCUT2D eigenvalue weighted by Gasteiger charge is 2.01. The number of rotatable bonds is 23. The molecule has 0 aromatic heterocycles. The van der Waals surface area contributed by atoms with Gasteiger partial charge in [0.15, 0.2) is 0 Å².